The van der Waals surface area contributed by atoms with Gasteiger partial charge in [-0.2, -0.15) is 0 Å². The quantitative estimate of drug-likeness (QED) is 0.917. The van der Waals surface area contributed by atoms with Gasteiger partial charge < -0.3 is 10.1 Å². The van der Waals surface area contributed by atoms with E-state index in [4.69, 9.17) is 4.74 Å². The number of benzene rings is 2. The Hall–Kier alpha value is -2.20. The third kappa shape index (κ3) is 3.59. The van der Waals surface area contributed by atoms with Crippen LogP contribution in [0.3, 0.4) is 0 Å². The maximum atomic E-state index is 13.7. The summed E-state index contributed by atoms with van der Waals surface area (Å²) in [6, 6.07) is 14.6. The largest absolute Gasteiger partial charge is 0.364 e. The Labute approximate surface area is 135 Å². The standard InChI is InChI=1S/C19H20FNO2/c1-13(23-12-14-6-3-2-4-7-14)19(22)21-18-11-10-15-16(18)8-5-9-17(15)20/h2-9,13,18H,10-12H2,1H3,(H,21,22). The van der Waals surface area contributed by atoms with Gasteiger partial charge in [0.1, 0.15) is 11.9 Å². The van der Waals surface area contributed by atoms with Crippen molar-refractivity contribution in [1.29, 1.82) is 0 Å². The molecular weight excluding hydrogens is 293 g/mol. The molecule has 1 aliphatic rings. The van der Waals surface area contributed by atoms with Crippen molar-refractivity contribution in [3.8, 4) is 0 Å². The molecule has 0 saturated carbocycles. The fourth-order valence-corrected chi connectivity index (χ4v) is 2.92. The van der Waals surface area contributed by atoms with Crippen molar-refractivity contribution in [3.05, 3.63) is 71.0 Å². The van der Waals surface area contributed by atoms with Crippen LogP contribution in [-0.2, 0) is 22.6 Å². The van der Waals surface area contributed by atoms with Gasteiger partial charge in [0.2, 0.25) is 5.91 Å². The monoisotopic (exact) mass is 313 g/mol. The van der Waals surface area contributed by atoms with Gasteiger partial charge in [-0.15, -0.1) is 0 Å². The maximum absolute atomic E-state index is 13.7. The minimum atomic E-state index is -0.548. The first kappa shape index (κ1) is 15.7. The third-order valence-electron chi connectivity index (χ3n) is 4.24. The molecule has 1 aliphatic carbocycles. The summed E-state index contributed by atoms with van der Waals surface area (Å²) in [5.41, 5.74) is 2.63. The molecule has 0 fully saturated rings. The molecule has 2 aromatic rings. The summed E-state index contributed by atoms with van der Waals surface area (Å²) in [4.78, 5) is 12.3. The average Bonchev–Trinajstić information content (AvgIpc) is 2.98. The molecule has 0 saturated heterocycles. The summed E-state index contributed by atoms with van der Waals surface area (Å²) in [5, 5.41) is 2.97. The molecule has 0 spiro atoms. The van der Waals surface area contributed by atoms with Crippen molar-refractivity contribution in [1.82, 2.24) is 5.32 Å². The summed E-state index contributed by atoms with van der Waals surface area (Å²) < 4.78 is 19.4. The number of amides is 1. The number of carbonyl (C=O) groups excluding carboxylic acids is 1. The Morgan fingerprint density at radius 1 is 1.26 bits per heavy atom. The van der Waals surface area contributed by atoms with Crippen molar-refractivity contribution in [2.45, 2.75) is 38.5 Å². The van der Waals surface area contributed by atoms with E-state index in [0.29, 0.717) is 13.0 Å². The normalized spacial score (nSPS) is 17.6. The summed E-state index contributed by atoms with van der Waals surface area (Å²) in [6.07, 6.45) is 0.840. The van der Waals surface area contributed by atoms with Crippen LogP contribution in [0.2, 0.25) is 0 Å². The van der Waals surface area contributed by atoms with E-state index in [1.165, 1.54) is 6.07 Å². The van der Waals surface area contributed by atoms with Crippen LogP contribution in [0.1, 0.15) is 36.1 Å². The number of hydrogen-bond donors (Lipinski definition) is 1. The predicted octanol–water partition coefficient (Wildman–Crippen LogP) is 3.53. The summed E-state index contributed by atoms with van der Waals surface area (Å²) in [5.74, 6) is -0.351. The van der Waals surface area contributed by atoms with Gasteiger partial charge in [0.15, 0.2) is 0 Å². The Bertz CT molecular complexity index is 687. The second-order valence-electron chi connectivity index (χ2n) is 5.85. The topological polar surface area (TPSA) is 38.3 Å². The zero-order valence-corrected chi connectivity index (χ0v) is 13.1. The minimum Gasteiger partial charge on any atom is -0.364 e. The van der Waals surface area contributed by atoms with E-state index < -0.39 is 6.10 Å². The van der Waals surface area contributed by atoms with Crippen LogP contribution in [0.15, 0.2) is 48.5 Å². The molecule has 1 N–H and O–H groups in total. The molecule has 1 amide bonds. The molecule has 4 heteroatoms. The Morgan fingerprint density at radius 3 is 2.83 bits per heavy atom. The van der Waals surface area contributed by atoms with E-state index >= 15 is 0 Å². The van der Waals surface area contributed by atoms with Crippen LogP contribution in [0, 0.1) is 5.82 Å². The molecule has 2 unspecified atom stereocenters. The first-order valence-corrected chi connectivity index (χ1v) is 7.88. The van der Waals surface area contributed by atoms with Gasteiger partial charge in [0.25, 0.3) is 0 Å². The van der Waals surface area contributed by atoms with Gasteiger partial charge in [-0.25, -0.2) is 4.39 Å². The minimum absolute atomic E-state index is 0.129. The van der Waals surface area contributed by atoms with Crippen LogP contribution in [0.4, 0.5) is 4.39 Å². The molecule has 2 aromatic carbocycles. The first-order chi connectivity index (χ1) is 11.1. The van der Waals surface area contributed by atoms with Gasteiger partial charge in [-0.3, -0.25) is 4.79 Å². The molecule has 0 radical (unpaired) electrons. The van der Waals surface area contributed by atoms with E-state index in [0.717, 1.165) is 23.1 Å². The number of ether oxygens (including phenoxy) is 1. The smallest absolute Gasteiger partial charge is 0.249 e. The molecule has 2 atom stereocenters. The molecule has 0 heterocycles. The lowest BCUT2D eigenvalue weighted by molar-refractivity contribution is -0.133. The van der Waals surface area contributed by atoms with Crippen LogP contribution in [0.5, 0.6) is 0 Å². The zero-order valence-electron chi connectivity index (χ0n) is 13.1. The molecule has 3 nitrogen and oxygen atoms in total. The molecule has 0 aromatic heterocycles. The SMILES string of the molecule is CC(OCc1ccccc1)C(=O)NC1CCc2c(F)cccc21. The lowest BCUT2D eigenvalue weighted by Crippen LogP contribution is -2.36. The maximum Gasteiger partial charge on any atom is 0.249 e. The third-order valence-corrected chi connectivity index (χ3v) is 4.24. The van der Waals surface area contributed by atoms with E-state index in [1.54, 1.807) is 13.0 Å². The van der Waals surface area contributed by atoms with Crippen molar-refractivity contribution in [3.63, 3.8) is 0 Å². The number of hydrogen-bond acceptors (Lipinski definition) is 2. The fraction of sp³-hybridized carbons (Fsp3) is 0.316. The lowest BCUT2D eigenvalue weighted by atomic mass is 10.1. The van der Waals surface area contributed by atoms with Gasteiger partial charge in [0, 0.05) is 0 Å². The zero-order chi connectivity index (χ0) is 16.2. The molecule has 23 heavy (non-hydrogen) atoms. The lowest BCUT2D eigenvalue weighted by Gasteiger charge is -2.18. The van der Waals surface area contributed by atoms with Gasteiger partial charge >= 0.3 is 0 Å². The molecule has 120 valence electrons. The molecule has 0 bridgehead atoms. The van der Waals surface area contributed by atoms with Crippen molar-refractivity contribution >= 4 is 5.91 Å². The van der Waals surface area contributed by atoms with Crippen molar-refractivity contribution < 1.29 is 13.9 Å². The molecule has 0 aliphatic heterocycles. The van der Waals surface area contributed by atoms with Gasteiger partial charge in [-0.1, -0.05) is 42.5 Å². The van der Waals surface area contributed by atoms with Gasteiger partial charge in [-0.05, 0) is 42.5 Å². The number of fused-ring (bicyclic) bond motifs is 1. The van der Waals surface area contributed by atoms with Crippen molar-refractivity contribution in [2.75, 3.05) is 0 Å². The van der Waals surface area contributed by atoms with E-state index in [1.807, 2.05) is 36.4 Å². The van der Waals surface area contributed by atoms with E-state index in [-0.39, 0.29) is 17.8 Å². The number of carbonyl (C=O) groups is 1. The van der Waals surface area contributed by atoms with E-state index in [2.05, 4.69) is 5.32 Å². The summed E-state index contributed by atoms with van der Waals surface area (Å²) in [6.45, 7) is 2.13. The van der Waals surface area contributed by atoms with Crippen molar-refractivity contribution in [2.24, 2.45) is 0 Å². The number of nitrogens with one attached hydrogen (secondary N) is 1. The summed E-state index contributed by atoms with van der Waals surface area (Å²) >= 11 is 0. The molecule has 3 rings (SSSR count). The second-order valence-corrected chi connectivity index (χ2v) is 5.85. The highest BCUT2D eigenvalue weighted by molar-refractivity contribution is 5.81. The van der Waals surface area contributed by atoms with Crippen LogP contribution >= 0.6 is 0 Å². The first-order valence-electron chi connectivity index (χ1n) is 7.88. The predicted molar refractivity (Wildman–Crippen MR) is 86.3 cm³/mol. The second kappa shape index (κ2) is 6.92. The highest BCUT2D eigenvalue weighted by Crippen LogP contribution is 2.32. The Kier molecular flexibility index (Phi) is 4.72. The Morgan fingerprint density at radius 2 is 2.04 bits per heavy atom. The van der Waals surface area contributed by atoms with E-state index in [9.17, 15) is 9.18 Å². The van der Waals surface area contributed by atoms with Gasteiger partial charge in [0.05, 0.1) is 12.6 Å². The highest BCUT2D eigenvalue weighted by Gasteiger charge is 2.27. The molecular formula is C19H20FNO2. The fourth-order valence-electron chi connectivity index (χ4n) is 2.92. The number of rotatable bonds is 5. The summed E-state index contributed by atoms with van der Waals surface area (Å²) in [7, 11) is 0. The van der Waals surface area contributed by atoms with Crippen LogP contribution < -0.4 is 5.32 Å². The number of halogens is 1. The van der Waals surface area contributed by atoms with Crippen LogP contribution in [0.25, 0.3) is 0 Å². The van der Waals surface area contributed by atoms with Crippen LogP contribution in [-0.4, -0.2) is 12.0 Å². The average molecular weight is 313 g/mol. The highest BCUT2D eigenvalue weighted by atomic mass is 19.1. The Balaban J connectivity index is 1.57.